The smallest absolute Gasteiger partial charge is 0.303 e. The molecule has 0 unspecified atom stereocenters. The number of nitrogen functional groups attached to an aromatic ring is 1. The van der Waals surface area contributed by atoms with E-state index in [9.17, 15) is 9.59 Å². The van der Waals surface area contributed by atoms with E-state index in [0.717, 1.165) is 34.5 Å². The van der Waals surface area contributed by atoms with Gasteiger partial charge in [0.2, 0.25) is 0 Å². The molecule has 1 fully saturated rings. The summed E-state index contributed by atoms with van der Waals surface area (Å²) in [5.74, 6) is -0.862. The topological polar surface area (TPSA) is 83.6 Å². The molecule has 2 heterocycles. The number of unbranched alkanes of at least 4 members (excludes halogenated alkanes) is 2. The summed E-state index contributed by atoms with van der Waals surface area (Å²) in [6, 6.07) is 9.74. The number of carboxylic acids is 1. The molecule has 0 bridgehead atoms. The number of amides is 1. The van der Waals surface area contributed by atoms with Crippen LogP contribution in [-0.2, 0) is 9.59 Å². The van der Waals surface area contributed by atoms with Crippen LogP contribution >= 0.6 is 35.3 Å². The fourth-order valence-electron chi connectivity index (χ4n) is 2.80. The van der Waals surface area contributed by atoms with Gasteiger partial charge in [-0.3, -0.25) is 14.5 Å². The van der Waals surface area contributed by atoms with Gasteiger partial charge in [0.25, 0.3) is 5.91 Å². The lowest BCUT2D eigenvalue weighted by atomic mass is 10.1. The van der Waals surface area contributed by atoms with Gasteiger partial charge in [-0.05, 0) is 53.6 Å². The molecule has 1 aliphatic rings. The lowest BCUT2D eigenvalue weighted by Crippen LogP contribution is -2.29. The molecule has 0 saturated carbocycles. The zero-order valence-electron chi connectivity index (χ0n) is 15.1. The molecule has 1 aromatic heterocycles. The van der Waals surface area contributed by atoms with Crippen LogP contribution in [0.25, 0.3) is 17.2 Å². The zero-order valence-corrected chi connectivity index (χ0v) is 17.5. The predicted molar refractivity (Wildman–Crippen MR) is 120 cm³/mol. The maximum atomic E-state index is 12.7. The minimum absolute atomic E-state index is 0.0735. The highest BCUT2D eigenvalue weighted by molar-refractivity contribution is 8.26. The molecule has 0 radical (unpaired) electrons. The van der Waals surface area contributed by atoms with Crippen LogP contribution in [0.4, 0.5) is 5.69 Å². The van der Waals surface area contributed by atoms with Crippen molar-refractivity contribution in [2.24, 2.45) is 0 Å². The zero-order chi connectivity index (χ0) is 20.1. The van der Waals surface area contributed by atoms with Crippen LogP contribution in [0, 0.1) is 0 Å². The lowest BCUT2D eigenvalue weighted by molar-refractivity contribution is -0.137. The highest BCUT2D eigenvalue weighted by atomic mass is 32.2. The van der Waals surface area contributed by atoms with Crippen molar-refractivity contribution >= 4 is 63.3 Å². The van der Waals surface area contributed by atoms with E-state index in [2.05, 4.69) is 11.4 Å². The standard InChI is InChI=1S/C20H20N2O3S3/c21-15-7-5-13(6-8-15)14-10-16(27-12-14)11-17-19(25)22(20(26)28-17)9-3-1-2-4-18(23)24/h5-8,10-12H,1-4,9,21H2,(H,23,24). The third-order valence-electron chi connectivity index (χ3n) is 4.28. The number of rotatable bonds is 8. The van der Waals surface area contributed by atoms with E-state index in [1.54, 1.807) is 16.2 Å². The Morgan fingerprint density at radius 1 is 1.18 bits per heavy atom. The number of benzene rings is 1. The van der Waals surface area contributed by atoms with Gasteiger partial charge in [0, 0.05) is 23.5 Å². The van der Waals surface area contributed by atoms with Gasteiger partial charge in [-0.15, -0.1) is 11.3 Å². The Kier molecular flexibility index (Phi) is 6.88. The molecule has 1 aliphatic heterocycles. The molecule has 0 atom stereocenters. The Morgan fingerprint density at radius 3 is 2.64 bits per heavy atom. The molecule has 1 amide bonds. The second-order valence-electron chi connectivity index (χ2n) is 6.40. The number of thiophene rings is 1. The molecule has 2 aromatic rings. The first kappa shape index (κ1) is 20.6. The first-order valence-corrected chi connectivity index (χ1v) is 11.0. The van der Waals surface area contributed by atoms with Crippen molar-refractivity contribution in [2.45, 2.75) is 25.7 Å². The maximum Gasteiger partial charge on any atom is 0.303 e. The summed E-state index contributed by atoms with van der Waals surface area (Å²) in [5.41, 5.74) is 8.63. The van der Waals surface area contributed by atoms with Crippen LogP contribution in [0.15, 0.2) is 40.6 Å². The number of nitrogens with zero attached hydrogens (tertiary/aromatic N) is 1. The first-order valence-electron chi connectivity index (χ1n) is 8.85. The summed E-state index contributed by atoms with van der Waals surface area (Å²) < 4.78 is 0.560. The summed E-state index contributed by atoms with van der Waals surface area (Å²) in [6.45, 7) is 0.531. The van der Waals surface area contributed by atoms with E-state index in [0.29, 0.717) is 22.2 Å². The van der Waals surface area contributed by atoms with Gasteiger partial charge in [-0.1, -0.05) is 42.5 Å². The molecule has 3 rings (SSSR count). The molecular weight excluding hydrogens is 412 g/mol. The highest BCUT2D eigenvalue weighted by Crippen LogP contribution is 2.35. The largest absolute Gasteiger partial charge is 0.481 e. The van der Waals surface area contributed by atoms with Gasteiger partial charge >= 0.3 is 5.97 Å². The Bertz CT molecular complexity index is 919. The molecule has 0 aliphatic carbocycles. The molecule has 146 valence electrons. The number of hydrogen-bond acceptors (Lipinski definition) is 6. The van der Waals surface area contributed by atoms with Gasteiger partial charge in [-0.2, -0.15) is 0 Å². The molecule has 5 nitrogen and oxygen atoms in total. The molecule has 0 spiro atoms. The summed E-state index contributed by atoms with van der Waals surface area (Å²) in [6.07, 6.45) is 4.16. The number of carbonyl (C=O) groups excluding carboxylic acids is 1. The minimum Gasteiger partial charge on any atom is -0.481 e. The minimum atomic E-state index is -0.789. The predicted octanol–water partition coefficient (Wildman–Crippen LogP) is 4.84. The number of carbonyl (C=O) groups is 2. The van der Waals surface area contributed by atoms with Crippen molar-refractivity contribution in [2.75, 3.05) is 12.3 Å². The SMILES string of the molecule is Nc1ccc(-c2csc(C=C3SC(=S)N(CCCCCC(=O)O)C3=O)c2)cc1. The first-order chi connectivity index (χ1) is 13.4. The van der Waals surface area contributed by atoms with Crippen LogP contribution in [-0.4, -0.2) is 32.7 Å². The fraction of sp³-hybridized carbons (Fsp3) is 0.250. The van der Waals surface area contributed by atoms with Crippen molar-refractivity contribution in [1.29, 1.82) is 0 Å². The van der Waals surface area contributed by atoms with Gasteiger partial charge in [0.05, 0.1) is 4.91 Å². The van der Waals surface area contributed by atoms with Gasteiger partial charge in [0.1, 0.15) is 4.32 Å². The summed E-state index contributed by atoms with van der Waals surface area (Å²) >= 11 is 8.24. The average molecular weight is 433 g/mol. The van der Waals surface area contributed by atoms with Crippen molar-refractivity contribution in [1.82, 2.24) is 4.90 Å². The van der Waals surface area contributed by atoms with Crippen LogP contribution in [0.1, 0.15) is 30.6 Å². The lowest BCUT2D eigenvalue weighted by Gasteiger charge is -2.13. The number of nitrogens with two attached hydrogens (primary N) is 1. The van der Waals surface area contributed by atoms with Crippen LogP contribution < -0.4 is 5.73 Å². The van der Waals surface area contributed by atoms with E-state index < -0.39 is 5.97 Å². The van der Waals surface area contributed by atoms with Crippen LogP contribution in [0.5, 0.6) is 0 Å². The van der Waals surface area contributed by atoms with Crippen molar-refractivity contribution in [3.05, 3.63) is 45.5 Å². The third-order valence-corrected chi connectivity index (χ3v) is 6.54. The molecule has 28 heavy (non-hydrogen) atoms. The number of thiocarbonyl (C=S) groups is 1. The van der Waals surface area contributed by atoms with Crippen molar-refractivity contribution in [3.63, 3.8) is 0 Å². The Hall–Kier alpha value is -2.16. The second-order valence-corrected chi connectivity index (χ2v) is 9.02. The number of hydrogen-bond donors (Lipinski definition) is 2. The van der Waals surface area contributed by atoms with E-state index in [1.165, 1.54) is 11.8 Å². The Labute approximate surface area is 177 Å². The molecule has 1 saturated heterocycles. The van der Waals surface area contributed by atoms with Crippen molar-refractivity contribution < 1.29 is 14.7 Å². The number of carboxylic acid groups (broad SMARTS) is 1. The molecule has 8 heteroatoms. The quantitative estimate of drug-likeness (QED) is 0.269. The summed E-state index contributed by atoms with van der Waals surface area (Å²) in [7, 11) is 0. The fourth-order valence-corrected chi connectivity index (χ4v) is 5.02. The van der Waals surface area contributed by atoms with E-state index in [4.69, 9.17) is 23.1 Å². The molecule has 1 aromatic carbocycles. The third kappa shape index (κ3) is 5.21. The number of thioether (sulfide) groups is 1. The van der Waals surface area contributed by atoms with Gasteiger partial charge < -0.3 is 10.8 Å². The van der Waals surface area contributed by atoms with E-state index in [1.807, 2.05) is 30.3 Å². The summed E-state index contributed by atoms with van der Waals surface area (Å²) in [5, 5.41) is 10.7. The normalized spacial score (nSPS) is 15.6. The van der Waals surface area contributed by atoms with Gasteiger partial charge in [-0.25, -0.2) is 0 Å². The monoisotopic (exact) mass is 432 g/mol. The maximum absolute atomic E-state index is 12.7. The summed E-state index contributed by atoms with van der Waals surface area (Å²) in [4.78, 5) is 26.4. The Morgan fingerprint density at radius 2 is 1.93 bits per heavy atom. The number of aliphatic carboxylic acids is 1. The average Bonchev–Trinajstić information content (AvgIpc) is 3.22. The molecular formula is C20H20N2O3S3. The van der Waals surface area contributed by atoms with Crippen LogP contribution in [0.3, 0.4) is 0 Å². The second kappa shape index (κ2) is 9.36. The number of anilines is 1. The van der Waals surface area contributed by atoms with Gasteiger partial charge in [0.15, 0.2) is 0 Å². The van der Waals surface area contributed by atoms with Crippen molar-refractivity contribution in [3.8, 4) is 11.1 Å². The molecule has 3 N–H and O–H groups in total. The Balaban J connectivity index is 1.62. The van der Waals surface area contributed by atoms with E-state index in [-0.39, 0.29) is 12.3 Å². The highest BCUT2D eigenvalue weighted by Gasteiger charge is 2.31. The van der Waals surface area contributed by atoms with Crippen LogP contribution in [0.2, 0.25) is 0 Å². The van der Waals surface area contributed by atoms with E-state index >= 15 is 0 Å².